The second-order valence-electron chi connectivity index (χ2n) is 4.75. The Labute approximate surface area is 127 Å². The van der Waals surface area contributed by atoms with Crippen molar-refractivity contribution in [2.75, 3.05) is 6.26 Å². The molecule has 0 radical (unpaired) electrons. The minimum Gasteiger partial charge on any atom is -0.267 e. The maximum absolute atomic E-state index is 12.7. The molecule has 0 saturated heterocycles. The summed E-state index contributed by atoms with van der Waals surface area (Å²) in [5.41, 5.74) is 0.520. The number of hydrogen-bond donors (Lipinski definition) is 0. The Hall–Kier alpha value is -2.67. The smallest absolute Gasteiger partial charge is 0.267 e. The zero-order chi connectivity index (χ0) is 15.7. The monoisotopic (exact) mass is 315 g/mol. The van der Waals surface area contributed by atoms with Crippen LogP contribution in [0.1, 0.15) is 0 Å². The van der Waals surface area contributed by atoms with Crippen molar-refractivity contribution < 1.29 is 8.42 Å². The Kier molecular flexibility index (Phi) is 3.42. The molecule has 0 aliphatic carbocycles. The molecule has 0 spiro atoms. The van der Waals surface area contributed by atoms with Crippen LogP contribution in [0.15, 0.2) is 65.7 Å². The maximum atomic E-state index is 12.7. The van der Waals surface area contributed by atoms with Gasteiger partial charge in [0.15, 0.2) is 5.82 Å². The largest absolute Gasteiger partial charge is 0.281 e. The summed E-state index contributed by atoms with van der Waals surface area (Å²) in [7, 11) is -3.65. The molecule has 7 heteroatoms. The number of rotatable bonds is 3. The van der Waals surface area contributed by atoms with Gasteiger partial charge in [0.1, 0.15) is 0 Å². The predicted octanol–water partition coefficient (Wildman–Crippen LogP) is 1.51. The van der Waals surface area contributed by atoms with Gasteiger partial charge in [-0.2, -0.15) is 8.77 Å². The molecule has 0 unspecified atom stereocenters. The zero-order valence-corrected chi connectivity index (χ0v) is 12.6. The Morgan fingerprint density at radius 2 is 1.68 bits per heavy atom. The fourth-order valence-corrected chi connectivity index (χ4v) is 2.92. The third kappa shape index (κ3) is 2.46. The molecule has 6 nitrogen and oxygen atoms in total. The molecule has 3 aromatic rings. The summed E-state index contributed by atoms with van der Waals surface area (Å²) in [6, 6.07) is 13.9. The second kappa shape index (κ2) is 5.27. The molecule has 3 rings (SSSR count). The first-order chi connectivity index (χ1) is 10.5. The first-order valence-electron chi connectivity index (χ1n) is 6.50. The fraction of sp³-hybridized carbons (Fsp3) is 0.0667. The van der Waals surface area contributed by atoms with Gasteiger partial charge in [0.05, 0.1) is 18.0 Å². The quantitative estimate of drug-likeness (QED) is 0.734. The van der Waals surface area contributed by atoms with E-state index in [4.69, 9.17) is 0 Å². The molecule has 2 heterocycles. The van der Waals surface area contributed by atoms with Crippen LogP contribution in [0.5, 0.6) is 0 Å². The average Bonchev–Trinajstić information content (AvgIpc) is 2.87. The van der Waals surface area contributed by atoms with Gasteiger partial charge in [-0.15, -0.1) is 0 Å². The van der Waals surface area contributed by atoms with Crippen LogP contribution in [0.4, 0.5) is 0 Å². The molecule has 22 heavy (non-hydrogen) atoms. The lowest BCUT2D eigenvalue weighted by molar-refractivity contribution is 0.574. The van der Waals surface area contributed by atoms with Crippen molar-refractivity contribution in [2.24, 2.45) is 0 Å². The molecule has 0 aliphatic rings. The van der Waals surface area contributed by atoms with Crippen molar-refractivity contribution in [1.29, 1.82) is 0 Å². The summed E-state index contributed by atoms with van der Waals surface area (Å²) in [5.74, 6) is 0.250. The van der Waals surface area contributed by atoms with Gasteiger partial charge in [0.25, 0.3) is 5.56 Å². The summed E-state index contributed by atoms with van der Waals surface area (Å²) in [6.45, 7) is 0. The number of hydrogen-bond acceptors (Lipinski definition) is 4. The summed E-state index contributed by atoms with van der Waals surface area (Å²) in [5, 5.41) is 0. The van der Waals surface area contributed by atoms with Crippen molar-refractivity contribution in [1.82, 2.24) is 13.8 Å². The van der Waals surface area contributed by atoms with Crippen LogP contribution in [0, 0.1) is 0 Å². The molecule has 112 valence electrons. The van der Waals surface area contributed by atoms with Crippen LogP contribution in [-0.2, 0) is 10.0 Å². The first kappa shape index (κ1) is 14.3. The van der Waals surface area contributed by atoms with Gasteiger partial charge in [0, 0.05) is 6.20 Å². The van der Waals surface area contributed by atoms with Gasteiger partial charge in [-0.05, 0) is 17.7 Å². The van der Waals surface area contributed by atoms with Crippen molar-refractivity contribution >= 4 is 10.0 Å². The van der Waals surface area contributed by atoms with Crippen molar-refractivity contribution in [3.63, 3.8) is 0 Å². The van der Waals surface area contributed by atoms with E-state index in [1.54, 1.807) is 42.5 Å². The Morgan fingerprint density at radius 3 is 2.27 bits per heavy atom. The summed E-state index contributed by atoms with van der Waals surface area (Å²) >= 11 is 0. The van der Waals surface area contributed by atoms with Crippen LogP contribution in [-0.4, -0.2) is 28.4 Å². The van der Waals surface area contributed by atoms with Crippen molar-refractivity contribution in [3.8, 4) is 16.9 Å². The Balaban J connectivity index is 2.35. The molecule has 0 atom stereocenters. The van der Waals surface area contributed by atoms with E-state index in [0.717, 1.165) is 15.0 Å². The van der Waals surface area contributed by atoms with Gasteiger partial charge >= 0.3 is 0 Å². The molecule has 0 aliphatic heterocycles. The van der Waals surface area contributed by atoms with E-state index < -0.39 is 15.6 Å². The normalized spacial score (nSPS) is 11.5. The topological polar surface area (TPSA) is 74.0 Å². The average molecular weight is 315 g/mol. The molecule has 0 N–H and O–H groups in total. The second-order valence-corrected chi connectivity index (χ2v) is 6.59. The highest BCUT2D eigenvalue weighted by molar-refractivity contribution is 7.89. The van der Waals surface area contributed by atoms with E-state index >= 15 is 0 Å². The van der Waals surface area contributed by atoms with Gasteiger partial charge in [-0.3, -0.25) is 4.79 Å². The summed E-state index contributed by atoms with van der Waals surface area (Å²) in [4.78, 5) is 16.7. The highest BCUT2D eigenvalue weighted by Gasteiger charge is 2.20. The molecule has 0 bridgehead atoms. The number of nitrogens with zero attached hydrogens (tertiary/aromatic N) is 3. The van der Waals surface area contributed by atoms with Crippen LogP contribution < -0.4 is 5.56 Å². The third-order valence-corrected chi connectivity index (χ3v) is 4.10. The van der Waals surface area contributed by atoms with Crippen LogP contribution in [0.25, 0.3) is 16.9 Å². The molecule has 0 saturated carbocycles. The first-order valence-corrected chi connectivity index (χ1v) is 8.35. The Bertz CT molecular complexity index is 958. The maximum Gasteiger partial charge on any atom is 0.281 e. The van der Waals surface area contributed by atoms with Crippen LogP contribution in [0.3, 0.4) is 0 Å². The lowest BCUT2D eigenvalue weighted by Crippen LogP contribution is -2.26. The standard InChI is InChI=1S/C15H13N3O3S/c1-22(20,21)17-11-13(12-7-3-2-4-8-12)15(19)18(17)14-9-5-6-10-16-14/h2-11H,1H3. The van der Waals surface area contributed by atoms with Gasteiger partial charge < -0.3 is 0 Å². The number of benzene rings is 1. The van der Waals surface area contributed by atoms with E-state index in [0.29, 0.717) is 11.1 Å². The molecular weight excluding hydrogens is 302 g/mol. The van der Waals surface area contributed by atoms with Crippen molar-refractivity contribution in [3.05, 3.63) is 71.3 Å². The summed E-state index contributed by atoms with van der Waals surface area (Å²) < 4.78 is 26.0. The van der Waals surface area contributed by atoms with Crippen LogP contribution >= 0.6 is 0 Å². The lowest BCUT2D eigenvalue weighted by atomic mass is 10.1. The number of pyridine rings is 1. The molecule has 0 amide bonds. The number of aromatic nitrogens is 3. The van der Waals surface area contributed by atoms with Crippen LogP contribution in [0.2, 0.25) is 0 Å². The third-order valence-electron chi connectivity index (χ3n) is 3.15. The molecule has 0 fully saturated rings. The summed E-state index contributed by atoms with van der Waals surface area (Å²) in [6.07, 6.45) is 3.87. The van der Waals surface area contributed by atoms with E-state index in [-0.39, 0.29) is 5.82 Å². The minimum atomic E-state index is -3.65. The van der Waals surface area contributed by atoms with E-state index in [1.807, 2.05) is 6.07 Å². The molecular formula is C15H13N3O3S. The zero-order valence-electron chi connectivity index (χ0n) is 11.7. The van der Waals surface area contributed by atoms with Crippen molar-refractivity contribution in [2.45, 2.75) is 0 Å². The minimum absolute atomic E-state index is 0.250. The lowest BCUT2D eigenvalue weighted by Gasteiger charge is -2.07. The fourth-order valence-electron chi connectivity index (χ4n) is 2.17. The predicted molar refractivity (Wildman–Crippen MR) is 83.5 cm³/mol. The molecule has 1 aromatic carbocycles. The highest BCUT2D eigenvalue weighted by atomic mass is 32.2. The van der Waals surface area contributed by atoms with Gasteiger partial charge in [0.2, 0.25) is 10.0 Å². The van der Waals surface area contributed by atoms with E-state index in [9.17, 15) is 13.2 Å². The van der Waals surface area contributed by atoms with Gasteiger partial charge in [-0.25, -0.2) is 13.4 Å². The van der Waals surface area contributed by atoms with Gasteiger partial charge in [-0.1, -0.05) is 36.4 Å². The van der Waals surface area contributed by atoms with E-state index in [1.165, 1.54) is 12.4 Å². The molecule has 2 aromatic heterocycles. The SMILES string of the molecule is CS(=O)(=O)n1cc(-c2ccccc2)c(=O)n1-c1ccccn1. The highest BCUT2D eigenvalue weighted by Crippen LogP contribution is 2.17. The van der Waals surface area contributed by atoms with E-state index in [2.05, 4.69) is 4.98 Å². The Morgan fingerprint density at radius 1 is 1.00 bits per heavy atom.